The van der Waals surface area contributed by atoms with Crippen LogP contribution in [-0.4, -0.2) is 54.0 Å². The molecule has 1 heterocycles. The van der Waals surface area contributed by atoms with Crippen molar-refractivity contribution in [3.05, 3.63) is 32.6 Å². The molecule has 24 heavy (non-hydrogen) atoms. The van der Waals surface area contributed by atoms with Crippen molar-refractivity contribution in [2.24, 2.45) is 0 Å². The lowest BCUT2D eigenvalue weighted by atomic mass is 10.4. The Morgan fingerprint density at radius 1 is 0.750 bits per heavy atom. The second-order valence-electron chi connectivity index (χ2n) is 3.29. The lowest BCUT2D eigenvalue weighted by Crippen LogP contribution is -2.22. The summed E-state index contributed by atoms with van der Waals surface area (Å²) in [5.74, 6) is 0. The number of hydrogen-bond donors (Lipinski definition) is 11. The second kappa shape index (κ2) is 11.5. The van der Waals surface area contributed by atoms with Crippen molar-refractivity contribution in [2.45, 2.75) is 6.92 Å². The monoisotopic (exact) mass is 420 g/mol. The van der Waals surface area contributed by atoms with Gasteiger partial charge in [-0.25, -0.2) is 18.5 Å². The summed E-state index contributed by atoms with van der Waals surface area (Å²) in [5, 5.41) is 0. The van der Waals surface area contributed by atoms with Gasteiger partial charge in [-0.1, -0.05) is 0 Å². The number of aryl methyl sites for hydroxylation is 1. The van der Waals surface area contributed by atoms with Crippen LogP contribution in [0.15, 0.2) is 15.8 Å². The fourth-order valence-corrected chi connectivity index (χ4v) is 0.477. The van der Waals surface area contributed by atoms with Gasteiger partial charge < -0.3 is 49.0 Å². The fraction of sp³-hybridized carbons (Fsp3) is 0.200. The molecule has 0 saturated heterocycles. The third-order valence-corrected chi connectivity index (χ3v) is 1.00. The Labute approximate surface area is 131 Å². The third kappa shape index (κ3) is 58.3. The van der Waals surface area contributed by atoms with E-state index in [9.17, 15) is 9.59 Å². The molecule has 0 aliphatic carbocycles. The predicted molar refractivity (Wildman–Crippen MR) is 75.2 cm³/mol. The molecule has 0 radical (unpaired) electrons. The quantitative estimate of drug-likeness (QED) is 0.182. The van der Waals surface area contributed by atoms with Crippen molar-refractivity contribution >= 4 is 23.5 Å². The van der Waals surface area contributed by atoms with E-state index in [2.05, 4.69) is 9.97 Å². The zero-order valence-electron chi connectivity index (χ0n) is 11.5. The molecule has 0 aromatic carbocycles. The highest BCUT2D eigenvalue weighted by molar-refractivity contribution is 7.45. The minimum atomic E-state index is -4.64. The van der Waals surface area contributed by atoms with Crippen LogP contribution in [0.1, 0.15) is 5.56 Å². The van der Waals surface area contributed by atoms with E-state index in [1.807, 2.05) is 0 Å². The molecule has 0 aliphatic rings. The van der Waals surface area contributed by atoms with Crippen LogP contribution in [0, 0.1) is 6.92 Å². The van der Waals surface area contributed by atoms with Gasteiger partial charge >= 0.3 is 29.2 Å². The molecule has 1 rings (SSSR count). The highest BCUT2D eigenvalue weighted by Crippen LogP contribution is 2.26. The number of H-pyrrole nitrogens is 2. The number of hydrogen-bond acceptors (Lipinski definition) is 5. The number of phosphoric acid groups is 3. The Morgan fingerprint density at radius 2 is 1.00 bits per heavy atom. The third-order valence-electron chi connectivity index (χ3n) is 1.00. The Hall–Kier alpha value is -0.990. The summed E-state index contributed by atoms with van der Waals surface area (Å²) in [6.07, 6.45) is 1.38. The van der Waals surface area contributed by atoms with Gasteiger partial charge in [-0.15, -0.1) is 0 Å². The van der Waals surface area contributed by atoms with Crippen LogP contribution in [0.3, 0.4) is 0 Å². The first-order valence-corrected chi connectivity index (χ1v) is 9.53. The molecule has 0 amide bonds. The standard InChI is InChI=1S/C5H6N2O2.3H3O4P/c1-3-2-6-5(9)7-4(3)8;3*1-5(2,3)4/h2H,1H3,(H2,6,7,8,9);3*(H3,1,2,3,4). The van der Waals surface area contributed by atoms with Crippen LogP contribution in [0.25, 0.3) is 0 Å². The van der Waals surface area contributed by atoms with Gasteiger partial charge in [0, 0.05) is 11.8 Å². The van der Waals surface area contributed by atoms with Crippen LogP contribution in [-0.2, 0) is 13.7 Å². The summed E-state index contributed by atoms with van der Waals surface area (Å²) >= 11 is 0. The molecular formula is C5H15N2O14P3. The predicted octanol–water partition coefficient (Wildman–Crippen LogP) is -3.41. The number of nitrogens with one attached hydrogen (secondary N) is 2. The highest BCUT2D eigenvalue weighted by Gasteiger charge is 2.01. The second-order valence-corrected chi connectivity index (χ2v) is 6.37. The Kier molecular flexibility index (Phi) is 13.4. The molecule has 1 aromatic rings. The Morgan fingerprint density at radius 3 is 1.17 bits per heavy atom. The Balaban J connectivity index is -0.000000259. The molecule has 144 valence electrons. The van der Waals surface area contributed by atoms with Crippen molar-refractivity contribution in [1.29, 1.82) is 0 Å². The Bertz CT molecular complexity index is 646. The van der Waals surface area contributed by atoms with Gasteiger partial charge in [0.2, 0.25) is 0 Å². The minimum Gasteiger partial charge on any atom is -0.314 e. The highest BCUT2D eigenvalue weighted by atomic mass is 31.2. The summed E-state index contributed by atoms with van der Waals surface area (Å²) in [5.41, 5.74) is -0.293. The molecule has 16 nitrogen and oxygen atoms in total. The van der Waals surface area contributed by atoms with Gasteiger partial charge in [0.25, 0.3) is 5.56 Å². The van der Waals surface area contributed by atoms with Crippen LogP contribution < -0.4 is 11.2 Å². The molecule has 0 atom stereocenters. The van der Waals surface area contributed by atoms with E-state index in [0.717, 1.165) is 0 Å². The maximum absolute atomic E-state index is 10.6. The molecule has 0 saturated carbocycles. The van der Waals surface area contributed by atoms with E-state index in [1.54, 1.807) is 6.92 Å². The van der Waals surface area contributed by atoms with Gasteiger partial charge in [0.15, 0.2) is 0 Å². The van der Waals surface area contributed by atoms with Gasteiger partial charge in [-0.2, -0.15) is 0 Å². The van der Waals surface area contributed by atoms with E-state index in [0.29, 0.717) is 5.56 Å². The number of aromatic nitrogens is 2. The first-order valence-electron chi connectivity index (χ1n) is 4.83. The van der Waals surface area contributed by atoms with Gasteiger partial charge in [-0.3, -0.25) is 9.78 Å². The first-order chi connectivity index (χ1) is 10.2. The molecular weight excluding hydrogens is 405 g/mol. The number of aromatic amines is 2. The summed E-state index contributed by atoms with van der Waals surface area (Å²) < 4.78 is 26.6. The lowest BCUT2D eigenvalue weighted by molar-refractivity contribution is 0.272. The summed E-state index contributed by atoms with van der Waals surface area (Å²) in [7, 11) is -13.9. The smallest absolute Gasteiger partial charge is 0.314 e. The van der Waals surface area contributed by atoms with Crippen LogP contribution >= 0.6 is 23.5 Å². The summed E-state index contributed by atoms with van der Waals surface area (Å²) in [6, 6.07) is 0. The molecule has 0 spiro atoms. The molecule has 0 aliphatic heterocycles. The SMILES string of the molecule is Cc1c[nH]c(=O)[nH]c1=O.O=P(O)(O)O.O=P(O)(O)O.O=P(O)(O)O. The summed E-state index contributed by atoms with van der Waals surface area (Å²) in [6.45, 7) is 1.62. The van der Waals surface area contributed by atoms with Crippen molar-refractivity contribution < 1.29 is 57.7 Å². The first kappa shape index (κ1) is 27.8. The molecule has 19 heteroatoms. The van der Waals surface area contributed by atoms with Crippen LogP contribution in [0.5, 0.6) is 0 Å². The fourth-order valence-electron chi connectivity index (χ4n) is 0.477. The van der Waals surface area contributed by atoms with E-state index in [1.165, 1.54) is 6.20 Å². The molecule has 11 N–H and O–H groups in total. The molecule has 0 fully saturated rings. The van der Waals surface area contributed by atoms with E-state index < -0.39 is 29.2 Å². The largest absolute Gasteiger partial charge is 0.466 e. The zero-order valence-corrected chi connectivity index (χ0v) is 14.2. The maximum atomic E-state index is 10.6. The van der Waals surface area contributed by atoms with Crippen LogP contribution in [0.2, 0.25) is 0 Å². The van der Waals surface area contributed by atoms with Crippen molar-refractivity contribution in [1.82, 2.24) is 9.97 Å². The molecule has 0 bridgehead atoms. The zero-order chi connectivity index (χ0) is 20.4. The van der Waals surface area contributed by atoms with Gasteiger partial charge in [-0.05, 0) is 6.92 Å². The van der Waals surface area contributed by atoms with E-state index in [-0.39, 0.29) is 5.56 Å². The van der Waals surface area contributed by atoms with Crippen molar-refractivity contribution in [2.75, 3.05) is 0 Å². The average Bonchev–Trinajstić information content (AvgIpc) is 2.16. The molecule has 0 unspecified atom stereocenters. The normalized spacial score (nSPS) is 10.9. The minimum absolute atomic E-state index is 0.334. The van der Waals surface area contributed by atoms with Crippen molar-refractivity contribution in [3.8, 4) is 0 Å². The number of rotatable bonds is 0. The van der Waals surface area contributed by atoms with Gasteiger partial charge in [0.1, 0.15) is 0 Å². The molecule has 1 aromatic heterocycles. The maximum Gasteiger partial charge on any atom is 0.466 e. The summed E-state index contributed by atoms with van der Waals surface area (Å²) in [4.78, 5) is 90.0. The average molecular weight is 420 g/mol. The van der Waals surface area contributed by atoms with E-state index >= 15 is 0 Å². The van der Waals surface area contributed by atoms with Crippen molar-refractivity contribution in [3.63, 3.8) is 0 Å². The van der Waals surface area contributed by atoms with Crippen LogP contribution in [0.4, 0.5) is 0 Å². The topological polar surface area (TPSA) is 299 Å². The van der Waals surface area contributed by atoms with Gasteiger partial charge in [0.05, 0.1) is 0 Å². The van der Waals surface area contributed by atoms with E-state index in [4.69, 9.17) is 57.7 Å². The lowest BCUT2D eigenvalue weighted by Gasteiger charge is -1.84.